The van der Waals surface area contributed by atoms with Crippen molar-refractivity contribution in [3.05, 3.63) is 179 Å². The van der Waals surface area contributed by atoms with Gasteiger partial charge >= 0.3 is 0 Å². The number of furan rings is 1. The fourth-order valence-corrected chi connectivity index (χ4v) is 11.7. The number of aryl methyl sites for hydroxylation is 1. The van der Waals surface area contributed by atoms with Gasteiger partial charge in [-0.25, -0.2) is 0 Å². The summed E-state index contributed by atoms with van der Waals surface area (Å²) in [4.78, 5) is 7.58. The number of anilines is 9. The van der Waals surface area contributed by atoms with Crippen LogP contribution in [-0.4, -0.2) is 6.71 Å². The molecule has 8 aromatic rings. The molecule has 5 heteroatoms. The minimum atomic E-state index is -0.186. The Morgan fingerprint density at radius 1 is 0.500 bits per heavy atom. The van der Waals surface area contributed by atoms with E-state index in [-0.39, 0.29) is 33.8 Å². The molecule has 4 nitrogen and oxygen atoms in total. The molecule has 0 saturated carbocycles. The van der Waals surface area contributed by atoms with Crippen LogP contribution in [0.1, 0.15) is 136 Å². The second-order valence-electron chi connectivity index (χ2n) is 25.1. The highest BCUT2D eigenvalue weighted by Crippen LogP contribution is 2.53. The highest BCUT2D eigenvalue weighted by Gasteiger charge is 2.49. The predicted molar refractivity (Wildman–Crippen MR) is 301 cm³/mol. The van der Waals surface area contributed by atoms with Crippen molar-refractivity contribution in [3.8, 4) is 0 Å². The zero-order chi connectivity index (χ0) is 49.4. The van der Waals surface area contributed by atoms with Crippen LogP contribution in [-0.2, 0) is 27.1 Å². The Morgan fingerprint density at radius 3 is 1.54 bits per heavy atom. The summed E-state index contributed by atoms with van der Waals surface area (Å²) in [6, 6.07) is 55.4. The summed E-state index contributed by atoms with van der Waals surface area (Å²) < 4.78 is 7.66. The Kier molecular flexibility index (Phi) is 10.4. The summed E-state index contributed by atoms with van der Waals surface area (Å²) in [7, 11) is 0. The molecule has 3 aliphatic rings. The molecule has 1 aliphatic carbocycles. The molecule has 7 aromatic carbocycles. The van der Waals surface area contributed by atoms with E-state index in [0.717, 1.165) is 69.6 Å². The zero-order valence-corrected chi connectivity index (χ0v) is 44.1. The summed E-state index contributed by atoms with van der Waals surface area (Å²) in [6.07, 6.45) is 2.28. The maximum atomic E-state index is 7.66. The van der Waals surface area contributed by atoms with Gasteiger partial charge in [-0.2, -0.15) is 0 Å². The molecular weight excluding hydrogens is 850 g/mol. The lowest BCUT2D eigenvalue weighted by molar-refractivity contribution is 0.332. The fourth-order valence-electron chi connectivity index (χ4n) is 11.7. The maximum Gasteiger partial charge on any atom is 0.297 e. The number of fused-ring (bicyclic) bond motifs is 7. The summed E-state index contributed by atoms with van der Waals surface area (Å²) in [5.74, 6) is 0. The fraction of sp³-hybridized carbons (Fsp3) is 0.323. The first kappa shape index (κ1) is 46.0. The molecule has 0 unspecified atom stereocenters. The molecule has 0 amide bonds. The van der Waals surface area contributed by atoms with Crippen molar-refractivity contribution in [2.75, 3.05) is 14.7 Å². The summed E-state index contributed by atoms with van der Waals surface area (Å²) >= 11 is 0. The van der Waals surface area contributed by atoms with Gasteiger partial charge < -0.3 is 19.1 Å². The second-order valence-corrected chi connectivity index (χ2v) is 25.1. The van der Waals surface area contributed by atoms with Crippen LogP contribution in [0.4, 0.5) is 51.2 Å². The van der Waals surface area contributed by atoms with Crippen molar-refractivity contribution in [1.29, 1.82) is 0 Å². The van der Waals surface area contributed by atoms with Gasteiger partial charge in [0.2, 0.25) is 0 Å². The third-order valence-electron chi connectivity index (χ3n) is 16.1. The molecule has 0 fully saturated rings. The van der Waals surface area contributed by atoms with E-state index in [4.69, 9.17) is 4.42 Å². The lowest BCUT2D eigenvalue weighted by Crippen LogP contribution is -2.61. The molecule has 0 N–H and O–H groups in total. The number of hydrogen-bond donors (Lipinski definition) is 0. The quantitative estimate of drug-likeness (QED) is 0.160. The number of benzene rings is 7. The van der Waals surface area contributed by atoms with Gasteiger partial charge in [0.05, 0.1) is 17.0 Å². The van der Waals surface area contributed by atoms with Crippen LogP contribution < -0.4 is 31.3 Å². The van der Waals surface area contributed by atoms with Gasteiger partial charge in [-0.1, -0.05) is 163 Å². The van der Waals surface area contributed by atoms with Crippen LogP contribution >= 0.6 is 0 Å². The SMILES string of the molecule is Cc1cc(C(C)(C)C)ccc1N1c2cc(N(c3ccccc3)c3ccccc3)cc3c2B(c2cc(C(C)(C)C)ccc2N3c2ccc(C(C)(C)C)cc2)c2oc3cc4c(cc3c21)C(C)(C)CCC4(C)C. The highest BCUT2D eigenvalue weighted by atomic mass is 16.3. The van der Waals surface area contributed by atoms with Crippen molar-refractivity contribution >= 4 is 85.5 Å². The van der Waals surface area contributed by atoms with E-state index in [1.165, 1.54) is 55.4 Å². The van der Waals surface area contributed by atoms with Gasteiger partial charge in [-0.3, -0.25) is 0 Å². The first-order valence-electron chi connectivity index (χ1n) is 25.7. The number of para-hydroxylation sites is 2. The maximum absolute atomic E-state index is 7.66. The van der Waals surface area contributed by atoms with Gasteiger partial charge in [-0.15, -0.1) is 0 Å². The lowest BCUT2D eigenvalue weighted by Gasteiger charge is -2.44. The topological polar surface area (TPSA) is 22.9 Å². The molecule has 0 spiro atoms. The third kappa shape index (κ3) is 7.41. The van der Waals surface area contributed by atoms with Crippen LogP contribution in [0.2, 0.25) is 0 Å². The van der Waals surface area contributed by atoms with Crippen LogP contribution in [0, 0.1) is 6.92 Å². The molecule has 1 aromatic heterocycles. The first-order chi connectivity index (χ1) is 33.0. The summed E-state index contributed by atoms with van der Waals surface area (Å²) in [5.41, 5.74) is 22.7. The zero-order valence-electron chi connectivity index (χ0n) is 44.1. The van der Waals surface area contributed by atoms with Crippen LogP contribution in [0.15, 0.2) is 150 Å². The molecule has 2 aliphatic heterocycles. The Bertz CT molecular complexity index is 3300. The molecule has 70 heavy (non-hydrogen) atoms. The van der Waals surface area contributed by atoms with Crippen molar-refractivity contribution in [3.63, 3.8) is 0 Å². The average molecular weight is 920 g/mol. The molecule has 354 valence electrons. The van der Waals surface area contributed by atoms with E-state index in [1.807, 2.05) is 0 Å². The Morgan fingerprint density at radius 2 is 1.00 bits per heavy atom. The molecule has 3 heterocycles. The normalized spacial score (nSPS) is 15.9. The van der Waals surface area contributed by atoms with Crippen LogP contribution in [0.5, 0.6) is 0 Å². The number of rotatable bonds is 5. The van der Waals surface area contributed by atoms with Gasteiger partial charge in [-0.05, 0) is 164 Å². The van der Waals surface area contributed by atoms with E-state index in [9.17, 15) is 0 Å². The van der Waals surface area contributed by atoms with E-state index >= 15 is 0 Å². The minimum absolute atomic E-state index is 0.0102. The van der Waals surface area contributed by atoms with Crippen molar-refractivity contribution < 1.29 is 4.42 Å². The molecule has 0 radical (unpaired) electrons. The molecule has 0 bridgehead atoms. The first-order valence-corrected chi connectivity index (χ1v) is 25.7. The summed E-state index contributed by atoms with van der Waals surface area (Å²) in [5, 5.41) is 1.17. The monoisotopic (exact) mass is 920 g/mol. The largest absolute Gasteiger partial charge is 0.468 e. The predicted octanol–water partition coefficient (Wildman–Crippen LogP) is 16.5. The van der Waals surface area contributed by atoms with Crippen molar-refractivity contribution in [2.24, 2.45) is 0 Å². The number of hydrogen-bond acceptors (Lipinski definition) is 4. The van der Waals surface area contributed by atoms with Crippen molar-refractivity contribution in [2.45, 2.75) is 137 Å². The van der Waals surface area contributed by atoms with E-state index in [0.29, 0.717) is 0 Å². The average Bonchev–Trinajstić information content (AvgIpc) is 3.68. The smallest absolute Gasteiger partial charge is 0.297 e. The highest BCUT2D eigenvalue weighted by molar-refractivity contribution is 7.00. The Labute approximate surface area is 418 Å². The van der Waals surface area contributed by atoms with Gasteiger partial charge in [0, 0.05) is 45.2 Å². The molecule has 0 atom stereocenters. The third-order valence-corrected chi connectivity index (χ3v) is 16.1. The van der Waals surface area contributed by atoms with Crippen molar-refractivity contribution in [1.82, 2.24) is 0 Å². The lowest BCUT2D eigenvalue weighted by atomic mass is 9.35. The van der Waals surface area contributed by atoms with Gasteiger partial charge in [0.15, 0.2) is 0 Å². The second kappa shape index (κ2) is 15.8. The number of nitrogens with zero attached hydrogens (tertiary/aromatic N) is 3. The molecular formula is C65H70BN3O. The van der Waals surface area contributed by atoms with E-state index < -0.39 is 0 Å². The van der Waals surface area contributed by atoms with Gasteiger partial charge in [0.25, 0.3) is 6.71 Å². The van der Waals surface area contributed by atoms with Crippen LogP contribution in [0.3, 0.4) is 0 Å². The Balaban J connectivity index is 1.31. The standard InChI is InChI=1S/C65H70BN3O/c1-41-35-43(62(5,6)7)27-31-53(41)69-56-38-48(67(45-21-17-15-18-22-45)46-23-19-16-20-24-46)37-55-58(56)66(60-59(69)49-39-50-51(40-57(49)70-60)65(13,14)34-33-64(50,11)12)52-36-44(63(8,9)10)28-32-54(52)68(55)47-29-25-42(26-30-47)61(2,3)4/h15-32,35-40H,33-34H2,1-14H3. The minimum Gasteiger partial charge on any atom is -0.468 e. The summed E-state index contributed by atoms with van der Waals surface area (Å²) in [6.45, 7) is 32.7. The molecule has 11 rings (SSSR count). The van der Waals surface area contributed by atoms with Gasteiger partial charge in [0.1, 0.15) is 5.58 Å². The van der Waals surface area contributed by atoms with E-state index in [2.05, 4.69) is 257 Å². The van der Waals surface area contributed by atoms with E-state index in [1.54, 1.807) is 0 Å². The molecule has 0 saturated heterocycles. The Hall–Kier alpha value is -6.46. The van der Waals surface area contributed by atoms with Crippen LogP contribution in [0.25, 0.3) is 11.0 Å².